The van der Waals surface area contributed by atoms with Crippen molar-refractivity contribution in [1.29, 1.82) is 0 Å². The summed E-state index contributed by atoms with van der Waals surface area (Å²) in [6.45, 7) is -0.812. The number of carboxylic acid groups (broad SMARTS) is 1. The van der Waals surface area contributed by atoms with Crippen molar-refractivity contribution in [3.8, 4) is 17.6 Å². The number of aromatic carboxylic acids is 1. The average Bonchev–Trinajstić information content (AvgIpc) is 3.24. The topological polar surface area (TPSA) is 122 Å². The fraction of sp³-hybridized carbons (Fsp3) is 0.357. The third-order valence-corrected chi connectivity index (χ3v) is 6.66. The van der Waals surface area contributed by atoms with Crippen LogP contribution >= 0.6 is 0 Å². The number of nitrogens with one attached hydrogen (secondary N) is 2. The van der Waals surface area contributed by atoms with Crippen molar-refractivity contribution >= 4 is 34.2 Å². The second-order valence-electron chi connectivity index (χ2n) is 9.60. The van der Waals surface area contributed by atoms with Crippen LogP contribution < -0.4 is 21.1 Å². The van der Waals surface area contributed by atoms with Crippen LogP contribution in [0.5, 0.6) is 5.75 Å². The number of methoxy groups -OCH3 is 1. The van der Waals surface area contributed by atoms with E-state index in [9.17, 15) is 27.2 Å². The Morgan fingerprint density at radius 3 is 2.63 bits per heavy atom. The van der Waals surface area contributed by atoms with Crippen LogP contribution in [0.25, 0.3) is 10.9 Å². The number of likely N-dealkylation sites (tertiary alicyclic amines) is 1. The number of amides is 1. The maximum absolute atomic E-state index is 14.9. The molecule has 3 aromatic rings. The lowest BCUT2D eigenvalue weighted by molar-refractivity contribution is -0.140. The van der Waals surface area contributed by atoms with Crippen LogP contribution in [-0.4, -0.2) is 78.1 Å². The van der Waals surface area contributed by atoms with Crippen molar-refractivity contribution in [3.63, 3.8) is 0 Å². The largest absolute Gasteiger partial charge is 0.495 e. The molecule has 2 aromatic carbocycles. The molecule has 0 aliphatic carbocycles. The second-order valence-corrected chi connectivity index (χ2v) is 9.60. The summed E-state index contributed by atoms with van der Waals surface area (Å²) in [6, 6.07) is 10.0. The lowest BCUT2D eigenvalue weighted by Gasteiger charge is -2.35. The molecule has 0 radical (unpaired) electrons. The lowest BCUT2D eigenvalue weighted by Crippen LogP contribution is -2.49. The molecule has 13 heteroatoms. The van der Waals surface area contributed by atoms with Crippen LogP contribution in [0.3, 0.4) is 0 Å². The molecule has 4 rings (SSSR count). The van der Waals surface area contributed by atoms with Crippen molar-refractivity contribution in [2.24, 2.45) is 5.73 Å². The minimum atomic E-state index is -4.51. The molecule has 0 saturated carbocycles. The molecule has 218 valence electrons. The number of primary amides is 1. The number of alkyl halides is 4. The quantitative estimate of drug-likeness (QED) is 0.227. The Morgan fingerprint density at radius 2 is 1.98 bits per heavy atom. The number of fused-ring (bicyclic) bond motifs is 1. The number of carboxylic acids is 1. The summed E-state index contributed by atoms with van der Waals surface area (Å²) >= 11 is 0. The van der Waals surface area contributed by atoms with Gasteiger partial charge in [0, 0.05) is 24.2 Å². The molecule has 1 aliphatic rings. The molecule has 0 spiro atoms. The Kier molecular flexibility index (Phi) is 8.92. The Balaban J connectivity index is 1.57. The van der Waals surface area contributed by atoms with Crippen LogP contribution in [0, 0.1) is 11.8 Å². The molecule has 1 aromatic heterocycles. The summed E-state index contributed by atoms with van der Waals surface area (Å²) in [7, 11) is 1.38. The summed E-state index contributed by atoms with van der Waals surface area (Å²) in [5.41, 5.74) is 6.60. The monoisotopic (exact) mass is 575 g/mol. The fourth-order valence-corrected chi connectivity index (χ4v) is 4.80. The highest BCUT2D eigenvalue weighted by atomic mass is 19.4. The van der Waals surface area contributed by atoms with Gasteiger partial charge < -0.3 is 30.8 Å². The zero-order chi connectivity index (χ0) is 29.7. The van der Waals surface area contributed by atoms with Crippen molar-refractivity contribution in [2.45, 2.75) is 31.4 Å². The molecule has 2 heterocycles. The minimum Gasteiger partial charge on any atom is -0.495 e. The number of hydrogen-bond acceptors (Lipinski definition) is 6. The first kappa shape index (κ1) is 29.5. The van der Waals surface area contributed by atoms with Crippen molar-refractivity contribution in [3.05, 3.63) is 53.7 Å². The molecular formula is C28H29F4N5O4. The van der Waals surface area contributed by atoms with E-state index in [2.05, 4.69) is 22.5 Å². The van der Waals surface area contributed by atoms with Crippen molar-refractivity contribution in [2.75, 3.05) is 43.9 Å². The van der Waals surface area contributed by atoms with Gasteiger partial charge in [-0.15, -0.1) is 0 Å². The van der Waals surface area contributed by atoms with Gasteiger partial charge in [-0.1, -0.05) is 12.0 Å². The zero-order valence-corrected chi connectivity index (χ0v) is 22.1. The molecule has 0 unspecified atom stereocenters. The number of rotatable bonds is 9. The zero-order valence-electron chi connectivity index (χ0n) is 22.1. The number of nitrogens with zero attached hydrogens (tertiary/aromatic N) is 2. The van der Waals surface area contributed by atoms with Gasteiger partial charge in [-0.2, -0.15) is 13.2 Å². The van der Waals surface area contributed by atoms with Gasteiger partial charge in [-0.3, -0.25) is 9.69 Å². The van der Waals surface area contributed by atoms with Crippen molar-refractivity contribution < 1.29 is 37.0 Å². The van der Waals surface area contributed by atoms with E-state index in [1.54, 1.807) is 23.1 Å². The van der Waals surface area contributed by atoms with E-state index in [1.165, 1.54) is 31.4 Å². The number of carbonyl (C=O) groups excluding carboxylic acids is 1. The number of halogens is 4. The third kappa shape index (κ3) is 7.40. The van der Waals surface area contributed by atoms with Gasteiger partial charge in [0.1, 0.15) is 18.5 Å². The fourth-order valence-electron chi connectivity index (χ4n) is 4.80. The van der Waals surface area contributed by atoms with Crippen LogP contribution in [-0.2, 0) is 11.3 Å². The Labute approximate surface area is 233 Å². The first-order valence-electron chi connectivity index (χ1n) is 12.7. The number of carbonyl (C=O) groups is 2. The number of ether oxygens (including phenoxy) is 1. The van der Waals surface area contributed by atoms with Gasteiger partial charge >= 0.3 is 12.1 Å². The number of nitrogens with two attached hydrogens (primary N) is 1. The average molecular weight is 576 g/mol. The Morgan fingerprint density at radius 1 is 1.20 bits per heavy atom. The van der Waals surface area contributed by atoms with E-state index < -0.39 is 36.8 Å². The Hall–Kier alpha value is -4.44. The van der Waals surface area contributed by atoms with E-state index in [0.717, 1.165) is 4.57 Å². The third-order valence-electron chi connectivity index (χ3n) is 6.66. The van der Waals surface area contributed by atoms with Gasteiger partial charge in [0.15, 0.2) is 0 Å². The number of hydrogen-bond donors (Lipinski definition) is 4. The highest BCUT2D eigenvalue weighted by Crippen LogP contribution is 2.32. The van der Waals surface area contributed by atoms with Crippen molar-refractivity contribution in [1.82, 2.24) is 9.47 Å². The van der Waals surface area contributed by atoms with Gasteiger partial charge in [0.2, 0.25) is 5.91 Å². The summed E-state index contributed by atoms with van der Waals surface area (Å²) in [5.74, 6) is 4.22. The van der Waals surface area contributed by atoms with Crippen LogP contribution in [0.15, 0.2) is 42.5 Å². The maximum Gasteiger partial charge on any atom is 0.406 e. The minimum absolute atomic E-state index is 0.0131. The van der Waals surface area contributed by atoms with Gasteiger partial charge in [0.05, 0.1) is 48.7 Å². The summed E-state index contributed by atoms with van der Waals surface area (Å²) in [4.78, 5) is 24.0. The lowest BCUT2D eigenvalue weighted by atomic mass is 10.0. The molecule has 1 fully saturated rings. The summed E-state index contributed by atoms with van der Waals surface area (Å²) < 4.78 is 61.8. The van der Waals surface area contributed by atoms with E-state index in [-0.39, 0.29) is 42.2 Å². The number of anilines is 2. The van der Waals surface area contributed by atoms with E-state index >= 15 is 0 Å². The van der Waals surface area contributed by atoms with Gasteiger partial charge in [-0.25, -0.2) is 9.18 Å². The first-order valence-corrected chi connectivity index (χ1v) is 12.7. The molecule has 0 bridgehead atoms. The normalized spacial score (nSPS) is 17.5. The summed E-state index contributed by atoms with van der Waals surface area (Å²) in [5, 5.41) is 15.7. The molecule has 41 heavy (non-hydrogen) atoms. The standard InChI is InChI=1S/C28H29F4N5O4/c1-41-25-12-17(27(39)40)7-8-23(25)34-10-3-4-18-13-19-21(5-2-6-24(19)37(18)16-28(30,31)32)35-22-9-11-36(14-20(22)29)15-26(33)38/h2,5-8,12-13,20,22,34-35H,9-11,14-16H2,1H3,(H2,33,38)(H,39,40)/t20-,22+/m1/s1. The van der Waals surface area contributed by atoms with Crippen LogP contribution in [0.2, 0.25) is 0 Å². The maximum atomic E-state index is 14.9. The molecule has 1 saturated heterocycles. The highest BCUT2D eigenvalue weighted by Gasteiger charge is 2.32. The second kappa shape index (κ2) is 12.4. The molecular weight excluding hydrogens is 546 g/mol. The molecule has 2 atom stereocenters. The predicted octanol–water partition coefficient (Wildman–Crippen LogP) is 3.68. The van der Waals surface area contributed by atoms with Gasteiger partial charge in [0.25, 0.3) is 0 Å². The molecule has 1 amide bonds. The number of aromatic nitrogens is 1. The number of piperidine rings is 1. The Bertz CT molecular complexity index is 1490. The van der Waals surface area contributed by atoms with E-state index in [1.807, 2.05) is 0 Å². The van der Waals surface area contributed by atoms with E-state index in [4.69, 9.17) is 15.6 Å². The molecule has 5 N–H and O–H groups in total. The van der Waals surface area contributed by atoms with Crippen LogP contribution in [0.1, 0.15) is 22.5 Å². The smallest absolute Gasteiger partial charge is 0.406 e. The molecule has 9 nitrogen and oxygen atoms in total. The molecule has 1 aliphatic heterocycles. The van der Waals surface area contributed by atoms with Gasteiger partial charge in [-0.05, 0) is 48.7 Å². The number of benzene rings is 2. The first-order chi connectivity index (χ1) is 19.4. The van der Waals surface area contributed by atoms with Crippen LogP contribution in [0.4, 0.5) is 28.9 Å². The summed E-state index contributed by atoms with van der Waals surface area (Å²) in [6.07, 6.45) is -5.45. The predicted molar refractivity (Wildman–Crippen MR) is 146 cm³/mol. The highest BCUT2D eigenvalue weighted by molar-refractivity contribution is 5.94. The van der Waals surface area contributed by atoms with E-state index in [0.29, 0.717) is 29.7 Å². The SMILES string of the molecule is COc1cc(C(=O)O)ccc1NCC#Cc1cc2c(N[C@H]3CCN(CC(N)=O)C[C@H]3F)cccc2n1CC(F)(F)F.